The van der Waals surface area contributed by atoms with Crippen LogP contribution in [0.3, 0.4) is 0 Å². The molecule has 0 radical (unpaired) electrons. The van der Waals surface area contributed by atoms with Gasteiger partial charge >= 0.3 is 0 Å². The Kier molecular flexibility index (Phi) is 50.9. The molecule has 2 atom stereocenters. The van der Waals surface area contributed by atoms with Crippen LogP contribution < -0.4 is 5.32 Å². The van der Waals surface area contributed by atoms with Crippen LogP contribution in [-0.2, 0) is 4.79 Å². The Morgan fingerprint density at radius 3 is 1.09 bits per heavy atom. The lowest BCUT2D eigenvalue weighted by Crippen LogP contribution is -2.45. The maximum atomic E-state index is 12.4. The third-order valence-electron chi connectivity index (χ3n) is 11.1. The summed E-state index contributed by atoms with van der Waals surface area (Å²) in [6, 6.07) is -0.652. The van der Waals surface area contributed by atoms with Gasteiger partial charge in [0.1, 0.15) is 0 Å². The first-order chi connectivity index (χ1) is 31.7. The summed E-state index contributed by atoms with van der Waals surface area (Å²) >= 11 is 0. The number of hydrogen-bond donors (Lipinski definition) is 3. The second-order valence-electron chi connectivity index (χ2n) is 17.2. The lowest BCUT2D eigenvalue weighted by Gasteiger charge is -2.19. The monoisotopic (exact) mass is 882 g/mol. The minimum absolute atomic E-state index is 0.0852. The smallest absolute Gasteiger partial charge is 0.220 e. The van der Waals surface area contributed by atoms with Crippen molar-refractivity contribution in [2.75, 3.05) is 6.61 Å². The number of carbonyl (C=O) groups is 1. The zero-order valence-corrected chi connectivity index (χ0v) is 41.5. The second kappa shape index (κ2) is 53.9. The van der Waals surface area contributed by atoms with Gasteiger partial charge in [0, 0.05) is 6.42 Å². The summed E-state index contributed by atoms with van der Waals surface area (Å²) in [4.78, 5) is 12.4. The number of allylic oxidation sites excluding steroid dienone is 21. The first-order valence-corrected chi connectivity index (χ1v) is 26.4. The van der Waals surface area contributed by atoms with Gasteiger partial charge < -0.3 is 15.5 Å². The van der Waals surface area contributed by atoms with Crippen LogP contribution in [-0.4, -0.2) is 34.9 Å². The van der Waals surface area contributed by atoms with E-state index in [0.717, 1.165) is 89.9 Å². The second-order valence-corrected chi connectivity index (χ2v) is 17.2. The van der Waals surface area contributed by atoms with Gasteiger partial charge in [-0.1, -0.05) is 237 Å². The molecule has 0 aromatic rings. The van der Waals surface area contributed by atoms with Crippen LogP contribution in [0.15, 0.2) is 134 Å². The van der Waals surface area contributed by atoms with Crippen molar-refractivity contribution < 1.29 is 15.0 Å². The average Bonchev–Trinajstić information content (AvgIpc) is 3.30. The molecule has 4 nitrogen and oxygen atoms in total. The summed E-state index contributed by atoms with van der Waals surface area (Å²) < 4.78 is 0. The van der Waals surface area contributed by atoms with Crippen molar-refractivity contribution in [3.05, 3.63) is 134 Å². The third kappa shape index (κ3) is 49.5. The van der Waals surface area contributed by atoms with Crippen molar-refractivity contribution in [1.29, 1.82) is 0 Å². The molecule has 0 aromatic heterocycles. The molecule has 0 spiro atoms. The molecule has 362 valence electrons. The SMILES string of the molecule is CC/C=C\C/C=C\C/C=C\C/C=C\C/C=C\C/C=C\C/C=C\C/C=C\CCCCCCCCCCCCCCCCC(=O)NC(CO)C(O)/C=C/CC/C=C/CC/C=C/CCCCC. The molecular formula is C60H99NO3. The molecule has 0 saturated carbocycles. The highest BCUT2D eigenvalue weighted by Gasteiger charge is 2.17. The van der Waals surface area contributed by atoms with E-state index in [4.69, 9.17) is 0 Å². The highest BCUT2D eigenvalue weighted by Crippen LogP contribution is 2.14. The summed E-state index contributed by atoms with van der Waals surface area (Å²) in [5.74, 6) is -0.0852. The van der Waals surface area contributed by atoms with Crippen molar-refractivity contribution in [3.8, 4) is 0 Å². The van der Waals surface area contributed by atoms with E-state index in [1.165, 1.54) is 109 Å². The Morgan fingerprint density at radius 1 is 0.391 bits per heavy atom. The van der Waals surface area contributed by atoms with Gasteiger partial charge in [-0.15, -0.1) is 0 Å². The molecule has 0 aliphatic carbocycles. The van der Waals surface area contributed by atoms with E-state index in [1.807, 2.05) is 6.08 Å². The van der Waals surface area contributed by atoms with Crippen LogP contribution in [0.5, 0.6) is 0 Å². The van der Waals surface area contributed by atoms with Crippen LogP contribution in [0.2, 0.25) is 0 Å². The molecule has 3 N–H and O–H groups in total. The van der Waals surface area contributed by atoms with Crippen molar-refractivity contribution in [2.24, 2.45) is 0 Å². The van der Waals surface area contributed by atoms with Gasteiger partial charge in [-0.05, 0) is 109 Å². The number of unbranched alkanes of at least 4 members (excludes halogenated alkanes) is 19. The van der Waals surface area contributed by atoms with Gasteiger partial charge in [0.05, 0.1) is 18.8 Å². The van der Waals surface area contributed by atoms with Gasteiger partial charge in [0.15, 0.2) is 0 Å². The van der Waals surface area contributed by atoms with Crippen molar-refractivity contribution in [1.82, 2.24) is 5.32 Å². The molecule has 0 bridgehead atoms. The van der Waals surface area contributed by atoms with Gasteiger partial charge in [0.25, 0.3) is 0 Å². The van der Waals surface area contributed by atoms with E-state index in [9.17, 15) is 15.0 Å². The average molecular weight is 882 g/mol. The zero-order valence-electron chi connectivity index (χ0n) is 41.5. The Morgan fingerprint density at radius 2 is 0.703 bits per heavy atom. The van der Waals surface area contributed by atoms with Crippen molar-refractivity contribution in [2.45, 2.75) is 231 Å². The number of aliphatic hydroxyl groups is 2. The summed E-state index contributed by atoms with van der Waals surface area (Å²) in [6.07, 6.45) is 84.5. The largest absolute Gasteiger partial charge is 0.394 e. The molecule has 4 heteroatoms. The highest BCUT2D eigenvalue weighted by atomic mass is 16.3. The van der Waals surface area contributed by atoms with Crippen LogP contribution in [0.4, 0.5) is 0 Å². The Hall–Kier alpha value is -3.47. The molecule has 0 rings (SSSR count). The van der Waals surface area contributed by atoms with E-state index < -0.39 is 12.1 Å². The number of aliphatic hydroxyl groups excluding tert-OH is 2. The first-order valence-electron chi connectivity index (χ1n) is 26.4. The fourth-order valence-corrected chi connectivity index (χ4v) is 7.11. The fourth-order valence-electron chi connectivity index (χ4n) is 7.11. The highest BCUT2D eigenvalue weighted by molar-refractivity contribution is 5.76. The van der Waals surface area contributed by atoms with E-state index in [1.54, 1.807) is 6.08 Å². The molecule has 64 heavy (non-hydrogen) atoms. The zero-order chi connectivity index (χ0) is 46.3. The Balaban J connectivity index is 3.58. The summed E-state index contributed by atoms with van der Waals surface area (Å²) in [6.45, 7) is 4.13. The maximum absolute atomic E-state index is 12.4. The van der Waals surface area contributed by atoms with E-state index in [-0.39, 0.29) is 12.5 Å². The topological polar surface area (TPSA) is 69.6 Å². The van der Waals surface area contributed by atoms with E-state index in [2.05, 4.69) is 141 Å². The molecule has 0 saturated heterocycles. The van der Waals surface area contributed by atoms with Gasteiger partial charge in [-0.3, -0.25) is 4.79 Å². The minimum Gasteiger partial charge on any atom is -0.394 e. The normalized spacial score (nSPS) is 14.0. The Labute approximate surface area is 396 Å². The molecule has 0 aliphatic heterocycles. The number of rotatable bonds is 46. The van der Waals surface area contributed by atoms with Gasteiger partial charge in [-0.2, -0.15) is 0 Å². The molecule has 2 unspecified atom stereocenters. The molecule has 0 aliphatic rings. The van der Waals surface area contributed by atoms with Gasteiger partial charge in [-0.25, -0.2) is 0 Å². The predicted octanol–water partition coefficient (Wildman–Crippen LogP) is 17.5. The number of amides is 1. The molecular weight excluding hydrogens is 783 g/mol. The quantitative estimate of drug-likeness (QED) is 0.0421. The predicted molar refractivity (Wildman–Crippen MR) is 285 cm³/mol. The van der Waals surface area contributed by atoms with Crippen LogP contribution >= 0.6 is 0 Å². The molecule has 0 fully saturated rings. The molecule has 1 amide bonds. The van der Waals surface area contributed by atoms with Crippen LogP contribution in [0.1, 0.15) is 219 Å². The molecule has 0 aromatic carbocycles. The molecule has 0 heterocycles. The number of carbonyl (C=O) groups excluding carboxylic acids is 1. The summed E-state index contributed by atoms with van der Waals surface area (Å²) in [5, 5.41) is 23.0. The third-order valence-corrected chi connectivity index (χ3v) is 11.1. The lowest BCUT2D eigenvalue weighted by molar-refractivity contribution is -0.123. The fraction of sp³-hybridized carbons (Fsp3) is 0.617. The van der Waals surface area contributed by atoms with Crippen LogP contribution in [0, 0.1) is 0 Å². The minimum atomic E-state index is -0.876. The summed E-state index contributed by atoms with van der Waals surface area (Å²) in [5.41, 5.74) is 0. The van der Waals surface area contributed by atoms with Crippen molar-refractivity contribution >= 4 is 5.91 Å². The maximum Gasteiger partial charge on any atom is 0.220 e. The van der Waals surface area contributed by atoms with E-state index in [0.29, 0.717) is 6.42 Å². The first kappa shape index (κ1) is 60.5. The number of nitrogens with one attached hydrogen (secondary N) is 1. The van der Waals surface area contributed by atoms with Gasteiger partial charge in [0.2, 0.25) is 5.91 Å². The summed E-state index contributed by atoms with van der Waals surface area (Å²) in [7, 11) is 0. The standard InChI is InChI=1S/C60H99NO3/c1-3-5-7-9-11-13-15-17-18-19-20-21-22-23-24-25-26-27-28-29-30-31-32-33-34-35-36-37-38-39-40-41-42-44-46-48-50-52-54-56-60(64)61-58(57-62)59(63)55-53-51-49-47-45-43-16-14-12-10-8-6-4-2/h5,7,11-14,17-18,20-21,23-24,26-27,29-30,32-33,45,47,53,55,58-59,62-63H,3-4,6,8-10,15-16,19,22,25,28,31,34-44,46,48-52,54,56-57H2,1-2H3,(H,61,64)/b7-5-,13-11-,14-12+,18-17-,21-20-,24-23-,27-26-,30-29-,33-32-,47-45+,55-53+. The van der Waals surface area contributed by atoms with Crippen molar-refractivity contribution in [3.63, 3.8) is 0 Å². The Bertz CT molecular complexity index is 1320. The van der Waals surface area contributed by atoms with E-state index >= 15 is 0 Å². The lowest BCUT2D eigenvalue weighted by atomic mass is 10.0. The number of hydrogen-bond acceptors (Lipinski definition) is 3. The van der Waals surface area contributed by atoms with Crippen LogP contribution in [0.25, 0.3) is 0 Å².